The number of amides is 1. The molecule has 1 aliphatic heterocycles. The summed E-state index contributed by atoms with van der Waals surface area (Å²) in [4.78, 5) is 19.5. The third-order valence-corrected chi connectivity index (χ3v) is 3.99. The van der Waals surface area contributed by atoms with Crippen LogP contribution in [0.15, 0.2) is 48.8 Å². The monoisotopic (exact) mass is 378 g/mol. The van der Waals surface area contributed by atoms with Crippen LogP contribution in [0, 0.1) is 0 Å². The van der Waals surface area contributed by atoms with Crippen LogP contribution < -0.4 is 31.2 Å². The molecule has 1 aromatic heterocycles. The number of hydrogen-bond acceptors (Lipinski definition) is 8. The largest absolute Gasteiger partial charge is 0.454 e. The number of rotatable bonds is 5. The fourth-order valence-corrected chi connectivity index (χ4v) is 2.68. The van der Waals surface area contributed by atoms with Crippen molar-refractivity contribution in [1.82, 2.24) is 9.97 Å². The van der Waals surface area contributed by atoms with E-state index in [1.54, 1.807) is 12.1 Å². The number of hydrogen-bond donors (Lipinski definition) is 4. The van der Waals surface area contributed by atoms with Gasteiger partial charge in [-0.1, -0.05) is 0 Å². The maximum absolute atomic E-state index is 11.1. The molecular formula is C19H18N6O3. The van der Waals surface area contributed by atoms with Crippen molar-refractivity contribution in [3.8, 4) is 11.5 Å². The minimum absolute atomic E-state index is 0.125. The van der Waals surface area contributed by atoms with E-state index in [4.69, 9.17) is 15.2 Å². The number of ether oxygens (including phenoxy) is 2. The summed E-state index contributed by atoms with van der Waals surface area (Å²) in [5.74, 6) is 2.17. The van der Waals surface area contributed by atoms with E-state index in [1.807, 2.05) is 30.3 Å². The highest BCUT2D eigenvalue weighted by atomic mass is 16.7. The molecule has 0 saturated heterocycles. The van der Waals surface area contributed by atoms with Gasteiger partial charge in [0.15, 0.2) is 23.1 Å². The van der Waals surface area contributed by atoms with Crippen molar-refractivity contribution in [3.63, 3.8) is 0 Å². The lowest BCUT2D eigenvalue weighted by molar-refractivity contribution is -0.114. The van der Waals surface area contributed by atoms with Crippen LogP contribution in [-0.4, -0.2) is 22.7 Å². The Labute approximate surface area is 160 Å². The van der Waals surface area contributed by atoms with Crippen LogP contribution in [0.4, 0.5) is 34.4 Å². The van der Waals surface area contributed by atoms with Crippen molar-refractivity contribution in [2.24, 2.45) is 0 Å². The van der Waals surface area contributed by atoms with Gasteiger partial charge in [-0.25, -0.2) is 9.97 Å². The topological polar surface area (TPSA) is 123 Å². The molecule has 1 amide bonds. The quantitative estimate of drug-likeness (QED) is 0.533. The van der Waals surface area contributed by atoms with Gasteiger partial charge in [-0.05, 0) is 36.4 Å². The van der Waals surface area contributed by atoms with Crippen molar-refractivity contribution in [1.29, 1.82) is 0 Å². The first-order chi connectivity index (χ1) is 13.6. The Balaban J connectivity index is 1.51. The smallest absolute Gasteiger partial charge is 0.231 e. The van der Waals surface area contributed by atoms with Crippen molar-refractivity contribution >= 4 is 40.3 Å². The first-order valence-electron chi connectivity index (χ1n) is 8.50. The Morgan fingerprint density at radius 2 is 1.54 bits per heavy atom. The third kappa shape index (κ3) is 3.73. The molecule has 9 nitrogen and oxygen atoms in total. The lowest BCUT2D eigenvalue weighted by Gasteiger charge is -2.13. The molecule has 142 valence electrons. The van der Waals surface area contributed by atoms with Crippen LogP contribution >= 0.6 is 0 Å². The van der Waals surface area contributed by atoms with Crippen molar-refractivity contribution in [2.75, 3.05) is 28.5 Å². The predicted molar refractivity (Wildman–Crippen MR) is 106 cm³/mol. The number of nitrogens with two attached hydrogens (primary N) is 1. The molecule has 0 bridgehead atoms. The number of aromatic nitrogens is 2. The van der Waals surface area contributed by atoms with Gasteiger partial charge in [0.1, 0.15) is 12.0 Å². The molecule has 0 fully saturated rings. The second-order valence-electron chi connectivity index (χ2n) is 6.06. The summed E-state index contributed by atoms with van der Waals surface area (Å²) in [6, 6.07) is 12.7. The maximum atomic E-state index is 11.1. The number of anilines is 6. The fourth-order valence-electron chi connectivity index (χ4n) is 2.68. The van der Waals surface area contributed by atoms with Crippen LogP contribution in [0.1, 0.15) is 6.92 Å². The van der Waals surface area contributed by atoms with Gasteiger partial charge in [0, 0.05) is 30.1 Å². The standard InChI is InChI=1S/C19H18N6O3/c1-11(26)23-12-2-4-13(5-3-12)24-18-17(20)19(22-9-21-18)25-14-6-7-15-16(8-14)28-10-27-15/h2-9H,10,20H2,1H3,(H,23,26)(H2,21,22,24,25). The Morgan fingerprint density at radius 3 is 2.25 bits per heavy atom. The van der Waals surface area contributed by atoms with E-state index in [2.05, 4.69) is 25.9 Å². The molecule has 0 saturated carbocycles. The summed E-state index contributed by atoms with van der Waals surface area (Å²) in [5.41, 5.74) is 8.83. The van der Waals surface area contributed by atoms with Gasteiger partial charge in [-0.3, -0.25) is 4.79 Å². The normalized spacial score (nSPS) is 11.8. The number of carbonyl (C=O) groups is 1. The van der Waals surface area contributed by atoms with E-state index >= 15 is 0 Å². The molecule has 1 aliphatic rings. The summed E-state index contributed by atoms with van der Waals surface area (Å²) in [6.45, 7) is 1.67. The van der Waals surface area contributed by atoms with Crippen LogP contribution in [0.5, 0.6) is 11.5 Å². The molecule has 0 unspecified atom stereocenters. The number of fused-ring (bicyclic) bond motifs is 1. The molecule has 0 atom stereocenters. The third-order valence-electron chi connectivity index (χ3n) is 3.99. The zero-order chi connectivity index (χ0) is 19.5. The van der Waals surface area contributed by atoms with Gasteiger partial charge < -0.3 is 31.2 Å². The zero-order valence-corrected chi connectivity index (χ0v) is 15.0. The molecular weight excluding hydrogens is 360 g/mol. The predicted octanol–water partition coefficient (Wildman–Crippen LogP) is 3.23. The molecule has 2 heterocycles. The molecule has 0 radical (unpaired) electrons. The van der Waals surface area contributed by atoms with Gasteiger partial charge in [-0.15, -0.1) is 0 Å². The molecule has 2 aromatic carbocycles. The minimum atomic E-state index is -0.125. The Kier molecular flexibility index (Phi) is 4.55. The molecule has 28 heavy (non-hydrogen) atoms. The lowest BCUT2D eigenvalue weighted by Crippen LogP contribution is -2.06. The van der Waals surface area contributed by atoms with Crippen LogP contribution in [-0.2, 0) is 4.79 Å². The molecule has 3 aromatic rings. The number of nitrogen functional groups attached to an aromatic ring is 1. The van der Waals surface area contributed by atoms with E-state index < -0.39 is 0 Å². The van der Waals surface area contributed by atoms with Gasteiger partial charge in [-0.2, -0.15) is 0 Å². The SMILES string of the molecule is CC(=O)Nc1ccc(Nc2ncnc(Nc3ccc4c(c3)OCO4)c2N)cc1. The van der Waals surface area contributed by atoms with Gasteiger partial charge in [0.2, 0.25) is 12.7 Å². The van der Waals surface area contributed by atoms with Gasteiger partial charge in [0.25, 0.3) is 0 Å². The van der Waals surface area contributed by atoms with Crippen molar-refractivity contribution < 1.29 is 14.3 Å². The Morgan fingerprint density at radius 1 is 0.929 bits per heavy atom. The number of nitrogens with one attached hydrogen (secondary N) is 3. The second kappa shape index (κ2) is 7.31. The maximum Gasteiger partial charge on any atom is 0.231 e. The van der Waals surface area contributed by atoms with Crippen molar-refractivity contribution in [3.05, 3.63) is 48.8 Å². The highest BCUT2D eigenvalue weighted by Gasteiger charge is 2.15. The number of carbonyl (C=O) groups excluding carboxylic acids is 1. The molecule has 0 spiro atoms. The summed E-state index contributed by atoms with van der Waals surface area (Å²) in [6.07, 6.45) is 1.42. The summed E-state index contributed by atoms with van der Waals surface area (Å²) in [5, 5.41) is 9.02. The lowest BCUT2D eigenvalue weighted by atomic mass is 10.2. The fraction of sp³-hybridized carbons (Fsp3) is 0.105. The van der Waals surface area contributed by atoms with Crippen LogP contribution in [0.3, 0.4) is 0 Å². The van der Waals surface area contributed by atoms with Gasteiger partial charge in [0.05, 0.1) is 0 Å². The summed E-state index contributed by atoms with van der Waals surface area (Å²) in [7, 11) is 0. The van der Waals surface area contributed by atoms with E-state index in [0.29, 0.717) is 34.5 Å². The Bertz CT molecular complexity index is 1020. The van der Waals surface area contributed by atoms with Gasteiger partial charge >= 0.3 is 0 Å². The number of nitrogens with zero attached hydrogens (tertiary/aromatic N) is 2. The van der Waals surface area contributed by atoms with Crippen LogP contribution in [0.25, 0.3) is 0 Å². The summed E-state index contributed by atoms with van der Waals surface area (Å²) >= 11 is 0. The van der Waals surface area contributed by atoms with Crippen LogP contribution in [0.2, 0.25) is 0 Å². The molecule has 4 rings (SSSR count). The molecule has 9 heteroatoms. The highest BCUT2D eigenvalue weighted by Crippen LogP contribution is 2.36. The Hall–Kier alpha value is -4.01. The minimum Gasteiger partial charge on any atom is -0.454 e. The van der Waals surface area contributed by atoms with E-state index in [0.717, 1.165) is 11.4 Å². The average molecular weight is 378 g/mol. The van der Waals surface area contributed by atoms with E-state index in [9.17, 15) is 4.79 Å². The number of benzene rings is 2. The highest BCUT2D eigenvalue weighted by molar-refractivity contribution is 5.89. The molecule has 0 aliphatic carbocycles. The molecule has 5 N–H and O–H groups in total. The average Bonchev–Trinajstić information content (AvgIpc) is 3.14. The zero-order valence-electron chi connectivity index (χ0n) is 15.0. The second-order valence-corrected chi connectivity index (χ2v) is 6.06. The summed E-state index contributed by atoms with van der Waals surface area (Å²) < 4.78 is 10.7. The van der Waals surface area contributed by atoms with E-state index in [1.165, 1.54) is 13.3 Å². The first kappa shape index (κ1) is 17.4. The van der Waals surface area contributed by atoms with E-state index in [-0.39, 0.29) is 12.7 Å². The first-order valence-corrected chi connectivity index (χ1v) is 8.50. The van der Waals surface area contributed by atoms with Crippen molar-refractivity contribution in [2.45, 2.75) is 6.92 Å².